The lowest BCUT2D eigenvalue weighted by atomic mass is 10.0. The van der Waals surface area contributed by atoms with Crippen molar-refractivity contribution in [2.45, 2.75) is 36.5 Å². The average molecular weight is 380 g/mol. The molecule has 2 aromatic rings. The fourth-order valence-electron chi connectivity index (χ4n) is 2.31. The Hall–Kier alpha value is -3.29. The van der Waals surface area contributed by atoms with E-state index in [1.54, 1.807) is 43.3 Å². The second kappa shape index (κ2) is 8.39. The van der Waals surface area contributed by atoms with Crippen LogP contribution in [-0.4, -0.2) is 8.42 Å². The summed E-state index contributed by atoms with van der Waals surface area (Å²) in [5, 5.41) is 17.6. The first kappa shape index (κ1) is 20.0. The summed E-state index contributed by atoms with van der Waals surface area (Å²) in [5.74, 6) is 0.333. The molecule has 0 aliphatic rings. The number of allylic oxidation sites excluding steroid dienone is 2. The van der Waals surface area contributed by atoms with Gasteiger partial charge in [0.15, 0.2) is 0 Å². The van der Waals surface area contributed by atoms with Crippen molar-refractivity contribution in [3.05, 3.63) is 65.4 Å². The lowest BCUT2D eigenvalue weighted by Crippen LogP contribution is -2.20. The van der Waals surface area contributed by atoms with Crippen LogP contribution in [0.3, 0.4) is 0 Å². The molecule has 0 radical (unpaired) electrons. The molecule has 0 saturated carbocycles. The number of rotatable bonds is 6. The van der Waals surface area contributed by atoms with Gasteiger partial charge in [-0.2, -0.15) is 10.5 Å². The molecule has 0 bridgehead atoms. The van der Waals surface area contributed by atoms with Gasteiger partial charge in [0.05, 0.1) is 21.2 Å². The van der Waals surface area contributed by atoms with E-state index in [-0.39, 0.29) is 15.4 Å². The number of benzene rings is 2. The Labute approximate surface area is 159 Å². The minimum absolute atomic E-state index is 0.0356. The molecule has 2 rings (SSSR count). The van der Waals surface area contributed by atoms with Crippen molar-refractivity contribution in [3.63, 3.8) is 0 Å². The quantitative estimate of drug-likeness (QED) is 0.582. The van der Waals surface area contributed by atoms with E-state index >= 15 is 0 Å². The molecular formula is C20H20N4O2S. The van der Waals surface area contributed by atoms with Crippen LogP contribution in [0.4, 0.5) is 5.69 Å². The minimum Gasteiger partial charge on any atom is -0.303 e. The molecule has 0 unspecified atom stereocenters. The summed E-state index contributed by atoms with van der Waals surface area (Å²) in [7, 11) is -3.59. The Bertz CT molecular complexity index is 1010. The molecule has 0 heterocycles. The second-order valence-electron chi connectivity index (χ2n) is 6.23. The highest BCUT2D eigenvalue weighted by Crippen LogP contribution is 2.24. The van der Waals surface area contributed by atoms with Gasteiger partial charge < -0.3 is 10.9 Å². The molecule has 0 atom stereocenters. The fourth-order valence-corrected chi connectivity index (χ4v) is 3.57. The van der Waals surface area contributed by atoms with Crippen molar-refractivity contribution >= 4 is 15.5 Å². The highest BCUT2D eigenvalue weighted by molar-refractivity contribution is 7.91. The lowest BCUT2D eigenvalue weighted by molar-refractivity contribution is 0.596. The van der Waals surface area contributed by atoms with Crippen LogP contribution < -0.4 is 10.9 Å². The first-order chi connectivity index (χ1) is 12.8. The highest BCUT2D eigenvalue weighted by Gasteiger charge is 2.17. The van der Waals surface area contributed by atoms with E-state index in [1.165, 1.54) is 12.1 Å². The van der Waals surface area contributed by atoms with Crippen molar-refractivity contribution in [3.8, 4) is 12.1 Å². The van der Waals surface area contributed by atoms with E-state index in [0.717, 1.165) is 5.56 Å². The van der Waals surface area contributed by atoms with Crippen molar-refractivity contribution in [1.82, 2.24) is 5.43 Å². The van der Waals surface area contributed by atoms with Crippen LogP contribution in [0.1, 0.15) is 32.3 Å². The van der Waals surface area contributed by atoms with Gasteiger partial charge in [0, 0.05) is 0 Å². The number of hydrazine groups is 1. The van der Waals surface area contributed by atoms with Gasteiger partial charge in [-0.25, -0.2) is 8.42 Å². The molecule has 2 N–H and O–H groups in total. The number of hydrogen-bond acceptors (Lipinski definition) is 6. The zero-order valence-corrected chi connectivity index (χ0v) is 16.1. The number of nitrogens with one attached hydrogen (secondary N) is 2. The molecule has 138 valence electrons. The van der Waals surface area contributed by atoms with Crippen LogP contribution in [0.2, 0.25) is 0 Å². The van der Waals surface area contributed by atoms with Gasteiger partial charge in [0.25, 0.3) is 0 Å². The smallest absolute Gasteiger partial charge is 0.206 e. The summed E-state index contributed by atoms with van der Waals surface area (Å²) >= 11 is 0. The first-order valence-corrected chi connectivity index (χ1v) is 9.76. The predicted octanol–water partition coefficient (Wildman–Crippen LogP) is 3.88. The Morgan fingerprint density at radius 3 is 1.85 bits per heavy atom. The van der Waals surface area contributed by atoms with E-state index in [1.807, 2.05) is 12.1 Å². The molecule has 6 nitrogen and oxygen atoms in total. The number of nitriles is 2. The van der Waals surface area contributed by atoms with Crippen LogP contribution in [0, 0.1) is 22.7 Å². The summed E-state index contributed by atoms with van der Waals surface area (Å²) in [6.45, 7) is 5.70. The maximum Gasteiger partial charge on any atom is 0.206 e. The second-order valence-corrected chi connectivity index (χ2v) is 8.17. The lowest BCUT2D eigenvalue weighted by Gasteiger charge is -2.11. The predicted molar refractivity (Wildman–Crippen MR) is 103 cm³/mol. The number of sulfone groups is 1. The molecule has 0 spiro atoms. The van der Waals surface area contributed by atoms with Gasteiger partial charge in [0.1, 0.15) is 17.7 Å². The molecule has 7 heteroatoms. The molecule has 2 aromatic carbocycles. The van der Waals surface area contributed by atoms with Gasteiger partial charge in [0.2, 0.25) is 9.84 Å². The van der Waals surface area contributed by atoms with E-state index in [0.29, 0.717) is 17.3 Å². The summed E-state index contributed by atoms with van der Waals surface area (Å²) in [6, 6.07) is 16.7. The monoisotopic (exact) mass is 380 g/mol. The minimum atomic E-state index is -3.59. The van der Waals surface area contributed by atoms with E-state index in [4.69, 9.17) is 10.5 Å². The van der Waals surface area contributed by atoms with Crippen molar-refractivity contribution in [2.75, 3.05) is 5.43 Å². The van der Waals surface area contributed by atoms with Crippen molar-refractivity contribution in [1.29, 1.82) is 10.5 Å². The normalized spacial score (nSPS) is 10.6. The third kappa shape index (κ3) is 4.66. The topological polar surface area (TPSA) is 106 Å². The van der Waals surface area contributed by atoms with Gasteiger partial charge in [-0.15, -0.1) is 0 Å². The van der Waals surface area contributed by atoms with Crippen LogP contribution >= 0.6 is 0 Å². The van der Waals surface area contributed by atoms with E-state index in [9.17, 15) is 8.42 Å². The zero-order valence-electron chi connectivity index (χ0n) is 15.3. The van der Waals surface area contributed by atoms with Crippen LogP contribution in [0.25, 0.3) is 0 Å². The number of anilines is 1. The van der Waals surface area contributed by atoms with Crippen LogP contribution in [0.15, 0.2) is 69.6 Å². The number of nitrogens with zero attached hydrogens (tertiary/aromatic N) is 2. The van der Waals surface area contributed by atoms with Crippen LogP contribution in [-0.2, 0) is 9.84 Å². The maximum absolute atomic E-state index is 12.7. The molecule has 0 aliphatic carbocycles. The van der Waals surface area contributed by atoms with E-state index in [2.05, 4.69) is 24.7 Å². The summed E-state index contributed by atoms with van der Waals surface area (Å²) in [4.78, 5) is 0.435. The summed E-state index contributed by atoms with van der Waals surface area (Å²) in [6.07, 6.45) is 0. The third-order valence-electron chi connectivity index (χ3n) is 4.01. The maximum atomic E-state index is 12.7. The standard InChI is InChI=1S/C20H20N4O2S/c1-14(2)16-4-8-19(9-5-16)27(25,26)20-10-6-18(7-11-20)24-23-15(3)17(12-21)13-22/h4-11,14,23-24H,1-3H3. The average Bonchev–Trinajstić information content (AvgIpc) is 2.67. The zero-order chi connectivity index (χ0) is 20.0. The van der Waals surface area contributed by atoms with Crippen molar-refractivity contribution in [2.24, 2.45) is 0 Å². The third-order valence-corrected chi connectivity index (χ3v) is 5.80. The first-order valence-electron chi connectivity index (χ1n) is 8.27. The summed E-state index contributed by atoms with van der Waals surface area (Å²) in [5.41, 5.74) is 7.59. The molecule has 0 fully saturated rings. The van der Waals surface area contributed by atoms with Gasteiger partial charge in [-0.1, -0.05) is 26.0 Å². The largest absolute Gasteiger partial charge is 0.303 e. The van der Waals surface area contributed by atoms with Crippen LogP contribution in [0.5, 0.6) is 0 Å². The molecule has 0 saturated heterocycles. The molecule has 0 amide bonds. The molecule has 0 aromatic heterocycles. The van der Waals surface area contributed by atoms with Gasteiger partial charge in [-0.05, 0) is 54.8 Å². The van der Waals surface area contributed by atoms with Gasteiger partial charge >= 0.3 is 0 Å². The SMILES string of the molecule is CC(NNc1ccc(S(=O)(=O)c2ccc(C(C)C)cc2)cc1)=C(C#N)C#N. The highest BCUT2D eigenvalue weighted by atomic mass is 32.2. The Balaban J connectivity index is 2.18. The van der Waals surface area contributed by atoms with Gasteiger partial charge in [-0.3, -0.25) is 0 Å². The van der Waals surface area contributed by atoms with E-state index < -0.39 is 9.84 Å². The van der Waals surface area contributed by atoms with Crippen molar-refractivity contribution < 1.29 is 8.42 Å². The Kier molecular flexibility index (Phi) is 6.23. The molecular weight excluding hydrogens is 360 g/mol. The molecule has 0 aliphatic heterocycles. The number of hydrogen-bond donors (Lipinski definition) is 2. The Morgan fingerprint density at radius 1 is 0.926 bits per heavy atom. The molecule has 27 heavy (non-hydrogen) atoms. The fraction of sp³-hybridized carbons (Fsp3) is 0.200. The Morgan fingerprint density at radius 2 is 1.41 bits per heavy atom. The summed E-state index contributed by atoms with van der Waals surface area (Å²) < 4.78 is 25.5.